The molecule has 15 nitrogen and oxygen atoms in total. The molecule has 1 aliphatic rings. The number of anilines is 2. The first-order valence-electron chi connectivity index (χ1n) is 9.88. The van der Waals surface area contributed by atoms with E-state index in [2.05, 4.69) is 31.3 Å². The van der Waals surface area contributed by atoms with Crippen LogP contribution in [0.1, 0.15) is 26.5 Å². The van der Waals surface area contributed by atoms with Crippen molar-refractivity contribution in [1.29, 1.82) is 0 Å². The van der Waals surface area contributed by atoms with E-state index in [9.17, 15) is 22.8 Å². The van der Waals surface area contributed by atoms with Crippen LogP contribution in [0.25, 0.3) is 0 Å². The molecule has 0 aliphatic carbocycles. The molecule has 6 N–H and O–H groups in total. The molecule has 0 bridgehead atoms. The van der Waals surface area contributed by atoms with Crippen molar-refractivity contribution in [3.05, 3.63) is 35.5 Å². The molecule has 0 unspecified atom stereocenters. The monoisotopic (exact) mass is 526 g/mol. The Morgan fingerprint density at radius 2 is 2.06 bits per heavy atom. The number of carbonyl (C=O) groups is 3. The molecule has 0 radical (unpaired) electrons. The highest BCUT2D eigenvalue weighted by Crippen LogP contribution is 2.23. The van der Waals surface area contributed by atoms with Crippen molar-refractivity contribution in [3.8, 4) is 0 Å². The van der Waals surface area contributed by atoms with Gasteiger partial charge in [0.05, 0.1) is 6.04 Å². The molecular formula is C18H22N8O7S2. The lowest BCUT2D eigenvalue weighted by molar-refractivity contribution is -0.144. The molecule has 1 aliphatic heterocycles. The summed E-state index contributed by atoms with van der Waals surface area (Å²) in [7, 11) is -4.77. The maximum Gasteiger partial charge on any atom is 0.362 e. The number of hydrazine groups is 1. The topological polar surface area (TPSA) is 218 Å². The Kier molecular flexibility index (Phi) is 7.22. The zero-order valence-corrected chi connectivity index (χ0v) is 20.3. The SMILES string of the molecule is C[C@H]1[C@H](NC(=O)C(=NOC(C)(C)C(=O)NNc2ccccn2)c2csc(N)n2)C(=O)N1S(=O)(=O)O. The third kappa shape index (κ3) is 5.81. The number of nitrogens with two attached hydrogens (primary N) is 1. The van der Waals surface area contributed by atoms with Crippen LogP contribution in [0, 0.1) is 0 Å². The second-order valence-corrected chi connectivity index (χ2v) is 9.89. The van der Waals surface area contributed by atoms with Crippen LogP contribution in [-0.2, 0) is 29.5 Å². The Hall–Kier alpha value is -3.83. The number of pyridine rings is 1. The van der Waals surface area contributed by atoms with Gasteiger partial charge in [0, 0.05) is 11.6 Å². The quantitative estimate of drug-likeness (QED) is 0.119. The van der Waals surface area contributed by atoms with Crippen LogP contribution in [0.5, 0.6) is 0 Å². The van der Waals surface area contributed by atoms with E-state index in [1.165, 1.54) is 32.3 Å². The number of hydrogen-bond acceptors (Lipinski definition) is 12. The number of nitrogens with one attached hydrogen (secondary N) is 3. The molecular weight excluding hydrogens is 504 g/mol. The van der Waals surface area contributed by atoms with Gasteiger partial charge in [-0.05, 0) is 32.9 Å². The predicted octanol–water partition coefficient (Wildman–Crippen LogP) is -0.719. The van der Waals surface area contributed by atoms with E-state index in [-0.39, 0.29) is 15.1 Å². The van der Waals surface area contributed by atoms with Crippen molar-refractivity contribution in [3.63, 3.8) is 0 Å². The summed E-state index contributed by atoms with van der Waals surface area (Å²) >= 11 is 1.01. The lowest BCUT2D eigenvalue weighted by atomic mass is 10.0. The largest absolute Gasteiger partial charge is 0.379 e. The molecule has 17 heteroatoms. The summed E-state index contributed by atoms with van der Waals surface area (Å²) in [5, 5.41) is 7.62. The van der Waals surface area contributed by atoms with Crippen LogP contribution >= 0.6 is 11.3 Å². The fourth-order valence-corrected chi connectivity index (χ4v) is 4.25. The average Bonchev–Trinajstić information content (AvgIpc) is 3.21. The van der Waals surface area contributed by atoms with Gasteiger partial charge < -0.3 is 15.9 Å². The minimum Gasteiger partial charge on any atom is -0.379 e. The molecule has 3 amide bonds. The molecule has 3 rings (SSSR count). The van der Waals surface area contributed by atoms with Crippen LogP contribution < -0.4 is 21.9 Å². The molecule has 2 aromatic rings. The molecule has 0 aromatic carbocycles. The standard InChI is InChI=1S/C18H22N8O7S2/c1-9-12(15(28)26(9)35(30,31)32)22-14(27)13(10-8-34-17(19)21-10)25-33-18(2,3)16(29)24-23-11-6-4-5-7-20-11/h4-9,12H,1-3H3,(H2,19,21)(H,20,23)(H,22,27)(H,24,29)(H,30,31,32)/t9-,12-/m0/s1. The maximum absolute atomic E-state index is 12.9. The fraction of sp³-hybridized carbons (Fsp3) is 0.333. The second-order valence-electron chi connectivity index (χ2n) is 7.71. The van der Waals surface area contributed by atoms with E-state index in [0.29, 0.717) is 5.82 Å². The fourth-order valence-electron chi connectivity index (χ4n) is 2.82. The third-order valence-corrected chi connectivity index (χ3v) is 6.41. The lowest BCUT2D eigenvalue weighted by Crippen LogP contribution is -2.71. The summed E-state index contributed by atoms with van der Waals surface area (Å²) in [6, 6.07) is 2.71. The Bertz CT molecular complexity index is 1260. The number of rotatable bonds is 9. The van der Waals surface area contributed by atoms with Crippen molar-refractivity contribution in [2.75, 3.05) is 11.2 Å². The summed E-state index contributed by atoms with van der Waals surface area (Å²) in [4.78, 5) is 50.9. The summed E-state index contributed by atoms with van der Waals surface area (Å²) in [6.45, 7) is 4.09. The van der Waals surface area contributed by atoms with Crippen LogP contribution in [0.15, 0.2) is 34.9 Å². The molecule has 1 fully saturated rings. The number of thiazole rings is 1. The van der Waals surface area contributed by atoms with Gasteiger partial charge in [0.1, 0.15) is 17.6 Å². The van der Waals surface area contributed by atoms with Gasteiger partial charge in [-0.15, -0.1) is 11.3 Å². The number of β-lactam (4-membered cyclic amide) rings is 1. The predicted molar refractivity (Wildman–Crippen MR) is 124 cm³/mol. The number of oxime groups is 1. The van der Waals surface area contributed by atoms with E-state index in [1.807, 2.05) is 0 Å². The molecule has 2 aromatic heterocycles. The minimum absolute atomic E-state index is 0.00104. The summed E-state index contributed by atoms with van der Waals surface area (Å²) < 4.78 is 31.9. The Morgan fingerprint density at radius 3 is 2.60 bits per heavy atom. The van der Waals surface area contributed by atoms with E-state index >= 15 is 0 Å². The molecule has 188 valence electrons. The zero-order valence-electron chi connectivity index (χ0n) is 18.6. The number of hydrogen-bond donors (Lipinski definition) is 5. The first-order valence-corrected chi connectivity index (χ1v) is 12.2. The smallest absolute Gasteiger partial charge is 0.362 e. The van der Waals surface area contributed by atoms with E-state index < -0.39 is 51.4 Å². The van der Waals surface area contributed by atoms with Crippen LogP contribution in [0.2, 0.25) is 0 Å². The normalized spacial score (nSPS) is 18.5. The highest BCUT2D eigenvalue weighted by atomic mass is 32.2. The Morgan fingerprint density at radius 1 is 1.34 bits per heavy atom. The van der Waals surface area contributed by atoms with Crippen molar-refractivity contribution < 1.29 is 32.2 Å². The molecule has 3 heterocycles. The van der Waals surface area contributed by atoms with Crippen molar-refractivity contribution in [2.24, 2.45) is 5.16 Å². The summed E-state index contributed by atoms with van der Waals surface area (Å²) in [5.74, 6) is -2.27. The average molecular weight is 527 g/mol. The van der Waals surface area contributed by atoms with Gasteiger partial charge in [0.15, 0.2) is 10.8 Å². The van der Waals surface area contributed by atoms with Crippen molar-refractivity contribution in [1.82, 2.24) is 25.0 Å². The molecule has 0 spiro atoms. The highest BCUT2D eigenvalue weighted by Gasteiger charge is 2.51. The molecule has 35 heavy (non-hydrogen) atoms. The minimum atomic E-state index is -4.77. The number of aromatic nitrogens is 2. The van der Waals surface area contributed by atoms with Crippen molar-refractivity contribution in [2.45, 2.75) is 38.5 Å². The molecule has 2 atom stereocenters. The number of nitrogen functional groups attached to an aromatic ring is 1. The highest BCUT2D eigenvalue weighted by molar-refractivity contribution is 7.84. The Balaban J connectivity index is 1.74. The summed E-state index contributed by atoms with van der Waals surface area (Å²) in [6.07, 6.45) is 1.52. The van der Waals surface area contributed by atoms with Crippen LogP contribution in [-0.4, -0.2) is 68.4 Å². The van der Waals surface area contributed by atoms with Crippen LogP contribution in [0.3, 0.4) is 0 Å². The van der Waals surface area contributed by atoms with Gasteiger partial charge in [0.25, 0.3) is 17.7 Å². The van der Waals surface area contributed by atoms with Gasteiger partial charge in [-0.25, -0.2) is 14.3 Å². The molecule has 0 saturated carbocycles. The lowest BCUT2D eigenvalue weighted by Gasteiger charge is -2.42. The van der Waals surface area contributed by atoms with Crippen molar-refractivity contribution >= 4 is 56.0 Å². The van der Waals surface area contributed by atoms with Gasteiger partial charge in [-0.3, -0.25) is 29.8 Å². The van der Waals surface area contributed by atoms with E-state index in [4.69, 9.17) is 15.1 Å². The van der Waals surface area contributed by atoms with Gasteiger partial charge >= 0.3 is 10.3 Å². The van der Waals surface area contributed by atoms with E-state index in [0.717, 1.165) is 11.3 Å². The number of carbonyl (C=O) groups excluding carboxylic acids is 3. The number of nitrogens with zero attached hydrogens (tertiary/aromatic N) is 4. The Labute approximate surface area is 203 Å². The van der Waals surface area contributed by atoms with Crippen LogP contribution in [0.4, 0.5) is 10.9 Å². The van der Waals surface area contributed by atoms with Gasteiger partial charge in [0.2, 0.25) is 5.60 Å². The van der Waals surface area contributed by atoms with Gasteiger partial charge in [-0.1, -0.05) is 11.2 Å². The zero-order chi connectivity index (χ0) is 26.0. The first kappa shape index (κ1) is 25.8. The van der Waals surface area contributed by atoms with Gasteiger partial charge in [-0.2, -0.15) is 8.42 Å². The maximum atomic E-state index is 12.9. The first-order chi connectivity index (χ1) is 16.3. The van der Waals surface area contributed by atoms with E-state index in [1.54, 1.807) is 18.2 Å². The summed E-state index contributed by atoms with van der Waals surface area (Å²) in [5.41, 5.74) is 8.65. The number of amides is 3. The second kappa shape index (κ2) is 9.80. The third-order valence-electron chi connectivity index (χ3n) is 4.73. The molecule has 1 saturated heterocycles.